The van der Waals surface area contributed by atoms with Crippen molar-refractivity contribution in [2.75, 3.05) is 6.61 Å². The van der Waals surface area contributed by atoms with Crippen LogP contribution in [0.3, 0.4) is 0 Å². The van der Waals surface area contributed by atoms with Gasteiger partial charge in [0.15, 0.2) is 5.78 Å². The summed E-state index contributed by atoms with van der Waals surface area (Å²) in [4.78, 5) is 37.8. The highest BCUT2D eigenvalue weighted by Gasteiger charge is 2.38. The van der Waals surface area contributed by atoms with E-state index in [-0.39, 0.29) is 31.1 Å². The maximum absolute atomic E-state index is 12.5. The third kappa shape index (κ3) is 4.30. The van der Waals surface area contributed by atoms with Crippen molar-refractivity contribution in [2.45, 2.75) is 25.3 Å². The topological polar surface area (TPSA) is 63.7 Å². The average Bonchev–Trinajstić information content (AvgIpc) is 3.04. The number of hydrogen-bond acceptors (Lipinski definition) is 4. The van der Waals surface area contributed by atoms with Crippen LogP contribution in [0.15, 0.2) is 54.6 Å². The standard InChI is InChI=1S/C20H18INO4/c21-16-11-9-15(10-12-16)18(23)7-4-8-19(24)22-17(13-26-20(22)25)14-5-2-1-3-6-14/h1-3,5-6,9-12,17H,4,7-8,13H2/t17-/m1/s1. The second-order valence-electron chi connectivity index (χ2n) is 6.05. The molecule has 0 aliphatic carbocycles. The van der Waals surface area contributed by atoms with Gasteiger partial charge in [-0.15, -0.1) is 0 Å². The van der Waals surface area contributed by atoms with Gasteiger partial charge in [-0.05, 0) is 46.7 Å². The number of halogens is 1. The molecule has 0 spiro atoms. The molecule has 1 aliphatic heterocycles. The van der Waals surface area contributed by atoms with E-state index in [0.717, 1.165) is 9.13 Å². The lowest BCUT2D eigenvalue weighted by Crippen LogP contribution is -2.34. The molecule has 2 aromatic carbocycles. The number of ether oxygens (including phenoxy) is 1. The molecule has 2 amide bonds. The number of benzene rings is 2. The van der Waals surface area contributed by atoms with E-state index in [1.54, 1.807) is 12.1 Å². The number of carbonyl (C=O) groups excluding carboxylic acids is 3. The highest BCUT2D eigenvalue weighted by molar-refractivity contribution is 14.1. The fraction of sp³-hybridized carbons (Fsp3) is 0.250. The van der Waals surface area contributed by atoms with Gasteiger partial charge in [0.1, 0.15) is 12.6 Å². The molecule has 6 heteroatoms. The summed E-state index contributed by atoms with van der Waals surface area (Å²) in [5.74, 6) is -0.311. The Hall–Kier alpha value is -2.22. The van der Waals surface area contributed by atoms with Crippen LogP contribution in [0.2, 0.25) is 0 Å². The zero-order valence-electron chi connectivity index (χ0n) is 14.1. The minimum atomic E-state index is -0.618. The van der Waals surface area contributed by atoms with Crippen LogP contribution in [0.4, 0.5) is 4.79 Å². The fourth-order valence-corrected chi connectivity index (χ4v) is 3.28. The number of rotatable bonds is 6. The first-order valence-corrected chi connectivity index (χ1v) is 9.46. The molecule has 0 N–H and O–H groups in total. The summed E-state index contributed by atoms with van der Waals surface area (Å²) in [6.45, 7) is 0.163. The van der Waals surface area contributed by atoms with Crippen molar-refractivity contribution in [1.29, 1.82) is 0 Å². The minimum absolute atomic E-state index is 0.00203. The van der Waals surface area contributed by atoms with Gasteiger partial charge >= 0.3 is 6.09 Å². The van der Waals surface area contributed by atoms with Gasteiger partial charge in [-0.1, -0.05) is 42.5 Å². The molecule has 0 saturated carbocycles. The number of cyclic esters (lactones) is 1. The lowest BCUT2D eigenvalue weighted by atomic mass is 10.0. The van der Waals surface area contributed by atoms with Gasteiger partial charge in [0, 0.05) is 22.0 Å². The first-order valence-electron chi connectivity index (χ1n) is 8.39. The lowest BCUT2D eigenvalue weighted by molar-refractivity contribution is -0.129. The van der Waals surface area contributed by atoms with Gasteiger partial charge in [-0.3, -0.25) is 9.59 Å². The van der Waals surface area contributed by atoms with E-state index in [0.29, 0.717) is 12.0 Å². The van der Waals surface area contributed by atoms with Gasteiger partial charge in [0.05, 0.1) is 0 Å². The van der Waals surface area contributed by atoms with Crippen molar-refractivity contribution in [3.05, 3.63) is 69.3 Å². The molecule has 1 aliphatic rings. The van der Waals surface area contributed by atoms with Crippen molar-refractivity contribution in [3.63, 3.8) is 0 Å². The zero-order chi connectivity index (χ0) is 18.5. The molecule has 0 bridgehead atoms. The van der Waals surface area contributed by atoms with Crippen molar-refractivity contribution in [2.24, 2.45) is 0 Å². The molecule has 1 atom stereocenters. The number of ketones is 1. The van der Waals surface area contributed by atoms with E-state index in [1.807, 2.05) is 42.5 Å². The van der Waals surface area contributed by atoms with Crippen LogP contribution < -0.4 is 0 Å². The second kappa shape index (κ2) is 8.44. The maximum Gasteiger partial charge on any atom is 0.417 e. The quantitative estimate of drug-likeness (QED) is 0.472. The molecule has 5 nitrogen and oxygen atoms in total. The van der Waals surface area contributed by atoms with Crippen molar-refractivity contribution >= 4 is 40.4 Å². The maximum atomic E-state index is 12.5. The summed E-state index contributed by atoms with van der Waals surface area (Å²) in [7, 11) is 0. The molecular weight excluding hydrogens is 445 g/mol. The Morgan fingerprint density at radius 1 is 1.04 bits per heavy atom. The van der Waals surface area contributed by atoms with Gasteiger partial charge in [0.2, 0.25) is 5.91 Å². The second-order valence-corrected chi connectivity index (χ2v) is 7.30. The molecular formula is C20H18INO4. The van der Waals surface area contributed by atoms with E-state index >= 15 is 0 Å². The Labute approximate surface area is 165 Å². The Kier molecular flexibility index (Phi) is 6.03. The van der Waals surface area contributed by atoms with E-state index in [4.69, 9.17) is 4.74 Å². The smallest absolute Gasteiger partial charge is 0.417 e. The van der Waals surface area contributed by atoms with Crippen LogP contribution in [0.25, 0.3) is 0 Å². The predicted octanol–water partition coefficient (Wildman–Crippen LogP) is 4.36. The number of Topliss-reactive ketones (excluding diaryl/α,β-unsaturated/α-hetero) is 1. The molecule has 2 aromatic rings. The van der Waals surface area contributed by atoms with Crippen molar-refractivity contribution in [3.8, 4) is 0 Å². The van der Waals surface area contributed by atoms with Crippen molar-refractivity contribution < 1.29 is 19.1 Å². The van der Waals surface area contributed by atoms with Crippen LogP contribution in [-0.4, -0.2) is 29.3 Å². The summed E-state index contributed by atoms with van der Waals surface area (Å²) < 4.78 is 6.12. The molecule has 134 valence electrons. The average molecular weight is 463 g/mol. The monoisotopic (exact) mass is 463 g/mol. The molecule has 1 saturated heterocycles. The minimum Gasteiger partial charge on any atom is -0.446 e. The fourth-order valence-electron chi connectivity index (χ4n) is 2.92. The summed E-state index contributed by atoms with van der Waals surface area (Å²) in [6, 6.07) is 16.3. The van der Waals surface area contributed by atoms with Crippen LogP contribution in [0.5, 0.6) is 0 Å². The molecule has 1 heterocycles. The number of imide groups is 1. The predicted molar refractivity (Wildman–Crippen MR) is 105 cm³/mol. The van der Waals surface area contributed by atoms with Crippen LogP contribution in [0.1, 0.15) is 41.2 Å². The molecule has 1 fully saturated rings. The van der Waals surface area contributed by atoms with Gasteiger partial charge < -0.3 is 4.74 Å². The summed E-state index contributed by atoms with van der Waals surface area (Å²) in [6.07, 6.45) is 0.183. The van der Waals surface area contributed by atoms with E-state index in [2.05, 4.69) is 22.6 Å². The third-order valence-corrected chi connectivity index (χ3v) is 5.01. The Balaban J connectivity index is 1.57. The SMILES string of the molecule is O=C(CCCC(=O)N1C(=O)OC[C@@H]1c1ccccc1)c1ccc(I)cc1. The number of carbonyl (C=O) groups is 3. The largest absolute Gasteiger partial charge is 0.446 e. The summed E-state index contributed by atoms with van der Waals surface area (Å²) in [5, 5.41) is 0. The normalized spacial score (nSPS) is 16.4. The van der Waals surface area contributed by atoms with Crippen LogP contribution in [0, 0.1) is 3.57 Å². The summed E-state index contributed by atoms with van der Waals surface area (Å²) in [5.41, 5.74) is 1.50. The highest BCUT2D eigenvalue weighted by atomic mass is 127. The van der Waals surface area contributed by atoms with Gasteiger partial charge in [-0.25, -0.2) is 9.69 Å². The number of nitrogens with zero attached hydrogens (tertiary/aromatic N) is 1. The lowest BCUT2D eigenvalue weighted by Gasteiger charge is -2.19. The van der Waals surface area contributed by atoms with Gasteiger partial charge in [-0.2, -0.15) is 0 Å². The number of hydrogen-bond donors (Lipinski definition) is 0. The van der Waals surface area contributed by atoms with E-state index < -0.39 is 12.1 Å². The van der Waals surface area contributed by atoms with E-state index in [9.17, 15) is 14.4 Å². The van der Waals surface area contributed by atoms with Crippen LogP contribution >= 0.6 is 22.6 Å². The molecule has 0 unspecified atom stereocenters. The first kappa shape index (κ1) is 18.6. The first-order chi connectivity index (χ1) is 12.6. The van der Waals surface area contributed by atoms with E-state index in [1.165, 1.54) is 4.90 Å². The summed E-state index contributed by atoms with van der Waals surface area (Å²) >= 11 is 2.18. The zero-order valence-corrected chi connectivity index (χ0v) is 16.2. The third-order valence-electron chi connectivity index (χ3n) is 4.29. The molecule has 0 aromatic heterocycles. The van der Waals surface area contributed by atoms with Crippen LogP contribution in [-0.2, 0) is 9.53 Å². The molecule has 0 radical (unpaired) electrons. The Morgan fingerprint density at radius 3 is 2.42 bits per heavy atom. The number of amides is 2. The van der Waals surface area contributed by atoms with Gasteiger partial charge in [0.25, 0.3) is 0 Å². The van der Waals surface area contributed by atoms with Crippen molar-refractivity contribution in [1.82, 2.24) is 4.90 Å². The Morgan fingerprint density at radius 2 is 1.73 bits per heavy atom. The highest BCUT2D eigenvalue weighted by Crippen LogP contribution is 2.28. The Bertz CT molecular complexity index is 804. The molecule has 3 rings (SSSR count). The molecule has 26 heavy (non-hydrogen) atoms.